The van der Waals surface area contributed by atoms with Gasteiger partial charge in [-0.2, -0.15) is 0 Å². The lowest BCUT2D eigenvalue weighted by atomic mass is 9.82. The molecule has 0 aromatic heterocycles. The average Bonchev–Trinajstić information content (AvgIpc) is 3.16. The molecule has 0 saturated heterocycles. The molecule has 18 heavy (non-hydrogen) atoms. The van der Waals surface area contributed by atoms with Gasteiger partial charge >= 0.3 is 6.09 Å². The molecule has 1 fully saturated rings. The molecule has 0 radical (unpaired) electrons. The third kappa shape index (κ3) is 1.92. The minimum absolute atomic E-state index is 0.106. The summed E-state index contributed by atoms with van der Waals surface area (Å²) in [6, 6.07) is 8.27. The van der Waals surface area contributed by atoms with Gasteiger partial charge in [0.05, 0.1) is 6.04 Å². The molecule has 3 N–H and O–H groups in total. The lowest BCUT2D eigenvalue weighted by Crippen LogP contribution is -2.44. The highest BCUT2D eigenvalue weighted by atomic mass is 16.4. The fourth-order valence-electron chi connectivity index (χ4n) is 3.05. The van der Waals surface area contributed by atoms with Crippen molar-refractivity contribution in [1.82, 2.24) is 5.32 Å². The molecule has 1 saturated carbocycles. The second kappa shape index (κ2) is 4.19. The normalized spacial score (nSPS) is 30.2. The van der Waals surface area contributed by atoms with Gasteiger partial charge in [0, 0.05) is 17.6 Å². The highest BCUT2D eigenvalue weighted by Crippen LogP contribution is 2.45. The summed E-state index contributed by atoms with van der Waals surface area (Å²) in [7, 11) is 0. The Morgan fingerprint density at radius 1 is 1.39 bits per heavy atom. The van der Waals surface area contributed by atoms with Crippen LogP contribution in [0.5, 0.6) is 0 Å². The monoisotopic (exact) mass is 246 g/mol. The van der Waals surface area contributed by atoms with Crippen LogP contribution in [0, 0.1) is 11.8 Å². The Labute approximate surface area is 106 Å². The van der Waals surface area contributed by atoms with Gasteiger partial charge in [-0.15, -0.1) is 0 Å². The third-order valence-corrected chi connectivity index (χ3v) is 4.12. The van der Waals surface area contributed by atoms with E-state index in [2.05, 4.69) is 17.6 Å². The first kappa shape index (κ1) is 11.4. The molecule has 4 heteroatoms. The summed E-state index contributed by atoms with van der Waals surface area (Å²) < 4.78 is 0. The molecule has 0 bridgehead atoms. The summed E-state index contributed by atoms with van der Waals surface area (Å²) in [6.07, 6.45) is 1.56. The first-order valence-corrected chi connectivity index (χ1v) is 6.51. The largest absolute Gasteiger partial charge is 0.465 e. The van der Waals surface area contributed by atoms with Gasteiger partial charge in [-0.1, -0.05) is 25.1 Å². The second-order valence-corrected chi connectivity index (χ2v) is 5.38. The van der Waals surface area contributed by atoms with Crippen LogP contribution in [0.1, 0.15) is 31.4 Å². The van der Waals surface area contributed by atoms with E-state index in [1.807, 2.05) is 24.3 Å². The van der Waals surface area contributed by atoms with Crippen LogP contribution in [0.2, 0.25) is 0 Å². The molecule has 1 heterocycles. The molecule has 1 aliphatic carbocycles. The molecule has 4 nitrogen and oxygen atoms in total. The van der Waals surface area contributed by atoms with Crippen molar-refractivity contribution in [2.75, 3.05) is 5.32 Å². The molecule has 3 atom stereocenters. The number of nitrogens with one attached hydrogen (secondary N) is 2. The molecule has 1 amide bonds. The van der Waals surface area contributed by atoms with Gasteiger partial charge in [-0.3, -0.25) is 0 Å². The Bertz CT molecular complexity index is 471. The van der Waals surface area contributed by atoms with Crippen LogP contribution >= 0.6 is 0 Å². The minimum atomic E-state index is -0.946. The second-order valence-electron chi connectivity index (χ2n) is 5.38. The topological polar surface area (TPSA) is 61.4 Å². The van der Waals surface area contributed by atoms with Crippen LogP contribution in [0.15, 0.2) is 24.3 Å². The molecule has 3 rings (SSSR count). The van der Waals surface area contributed by atoms with Crippen molar-refractivity contribution in [2.24, 2.45) is 11.8 Å². The maximum Gasteiger partial charge on any atom is 0.405 e. The van der Waals surface area contributed by atoms with Crippen LogP contribution in [-0.2, 0) is 0 Å². The molecule has 2 aliphatic rings. The predicted octanol–water partition coefficient (Wildman–Crippen LogP) is 2.84. The number of fused-ring (bicyclic) bond motifs is 1. The molecule has 1 aromatic carbocycles. The van der Waals surface area contributed by atoms with E-state index in [1.54, 1.807) is 0 Å². The van der Waals surface area contributed by atoms with Crippen LogP contribution in [0.25, 0.3) is 0 Å². The number of amides is 1. The molecular weight excluding hydrogens is 228 g/mol. The van der Waals surface area contributed by atoms with Crippen molar-refractivity contribution in [3.63, 3.8) is 0 Å². The number of rotatable bonds is 2. The smallest absolute Gasteiger partial charge is 0.405 e. The fraction of sp³-hybridized carbons (Fsp3) is 0.500. The van der Waals surface area contributed by atoms with E-state index in [4.69, 9.17) is 5.11 Å². The summed E-state index contributed by atoms with van der Waals surface area (Å²) >= 11 is 0. The van der Waals surface area contributed by atoms with Crippen molar-refractivity contribution in [3.05, 3.63) is 29.8 Å². The SMILES string of the molecule is C[C@H]1[C@@H](C2CC2)Nc2ccccc2[C@@H]1NC(=O)O. The lowest BCUT2D eigenvalue weighted by Gasteiger charge is -2.39. The highest BCUT2D eigenvalue weighted by Gasteiger charge is 2.42. The zero-order chi connectivity index (χ0) is 12.7. The van der Waals surface area contributed by atoms with Crippen LogP contribution in [0.3, 0.4) is 0 Å². The molecule has 1 aromatic rings. The van der Waals surface area contributed by atoms with Crippen molar-refractivity contribution >= 4 is 11.8 Å². The minimum Gasteiger partial charge on any atom is -0.465 e. The van der Waals surface area contributed by atoms with Gasteiger partial charge in [0.25, 0.3) is 0 Å². The molecular formula is C14H18N2O2. The quantitative estimate of drug-likeness (QED) is 0.752. The van der Waals surface area contributed by atoms with E-state index in [0.29, 0.717) is 12.0 Å². The Morgan fingerprint density at radius 3 is 2.78 bits per heavy atom. The maximum atomic E-state index is 11.0. The maximum absolute atomic E-state index is 11.0. The van der Waals surface area contributed by atoms with E-state index < -0.39 is 6.09 Å². The fourth-order valence-corrected chi connectivity index (χ4v) is 3.05. The number of carboxylic acid groups (broad SMARTS) is 1. The van der Waals surface area contributed by atoms with Crippen LogP contribution < -0.4 is 10.6 Å². The van der Waals surface area contributed by atoms with Crippen molar-refractivity contribution < 1.29 is 9.90 Å². The Morgan fingerprint density at radius 2 is 2.11 bits per heavy atom. The first-order valence-electron chi connectivity index (χ1n) is 6.51. The first-order chi connectivity index (χ1) is 8.66. The lowest BCUT2D eigenvalue weighted by molar-refractivity contribution is 0.181. The number of anilines is 1. The number of hydrogen-bond donors (Lipinski definition) is 3. The number of hydrogen-bond acceptors (Lipinski definition) is 2. The van der Waals surface area contributed by atoms with Gasteiger partial charge in [0.1, 0.15) is 0 Å². The number of para-hydroxylation sites is 1. The van der Waals surface area contributed by atoms with Gasteiger partial charge in [-0.25, -0.2) is 4.79 Å². The average molecular weight is 246 g/mol. The summed E-state index contributed by atoms with van der Waals surface area (Å²) in [5.74, 6) is 0.981. The summed E-state index contributed by atoms with van der Waals surface area (Å²) in [6.45, 7) is 2.13. The van der Waals surface area contributed by atoms with Crippen molar-refractivity contribution in [2.45, 2.75) is 31.8 Å². The summed E-state index contributed by atoms with van der Waals surface area (Å²) in [5, 5.41) is 15.3. The zero-order valence-electron chi connectivity index (χ0n) is 10.4. The van der Waals surface area contributed by atoms with Crippen molar-refractivity contribution in [3.8, 4) is 0 Å². The third-order valence-electron chi connectivity index (χ3n) is 4.12. The predicted molar refractivity (Wildman–Crippen MR) is 69.6 cm³/mol. The van der Waals surface area contributed by atoms with E-state index in [-0.39, 0.29) is 12.0 Å². The number of carbonyl (C=O) groups is 1. The van der Waals surface area contributed by atoms with Gasteiger partial charge < -0.3 is 15.7 Å². The Hall–Kier alpha value is -1.71. The molecule has 96 valence electrons. The number of benzene rings is 1. The summed E-state index contributed by atoms with van der Waals surface area (Å²) in [5.41, 5.74) is 2.13. The van der Waals surface area contributed by atoms with E-state index >= 15 is 0 Å². The van der Waals surface area contributed by atoms with Gasteiger partial charge in [0.15, 0.2) is 0 Å². The standard InChI is InChI=1S/C14H18N2O2/c1-8-12(9-6-7-9)15-11-5-3-2-4-10(11)13(8)16-14(17)18/h2-5,8-9,12-13,15-16H,6-7H2,1H3,(H,17,18)/t8-,12-,13+/m0/s1. The highest BCUT2D eigenvalue weighted by molar-refractivity contribution is 5.67. The van der Waals surface area contributed by atoms with Crippen LogP contribution in [-0.4, -0.2) is 17.2 Å². The Balaban J connectivity index is 1.95. The van der Waals surface area contributed by atoms with Gasteiger partial charge in [0.2, 0.25) is 0 Å². The van der Waals surface area contributed by atoms with E-state index in [0.717, 1.165) is 11.3 Å². The Kier molecular flexibility index (Phi) is 2.65. The van der Waals surface area contributed by atoms with E-state index in [9.17, 15) is 4.79 Å². The molecule has 0 unspecified atom stereocenters. The molecule has 0 spiro atoms. The van der Waals surface area contributed by atoms with Gasteiger partial charge in [-0.05, 0) is 30.4 Å². The molecule has 1 aliphatic heterocycles. The van der Waals surface area contributed by atoms with Crippen molar-refractivity contribution in [1.29, 1.82) is 0 Å². The van der Waals surface area contributed by atoms with E-state index in [1.165, 1.54) is 12.8 Å². The van der Waals surface area contributed by atoms with Crippen LogP contribution in [0.4, 0.5) is 10.5 Å². The summed E-state index contributed by atoms with van der Waals surface area (Å²) in [4.78, 5) is 11.0. The zero-order valence-corrected chi connectivity index (χ0v) is 10.4.